The molecule has 0 spiro atoms. The van der Waals surface area contributed by atoms with Gasteiger partial charge in [0.1, 0.15) is 5.75 Å². The number of carbonyl (C=O) groups is 1. The number of carbonyl (C=O) groups excluding carboxylic acids is 1. The average Bonchev–Trinajstić information content (AvgIpc) is 2.44. The van der Waals surface area contributed by atoms with Gasteiger partial charge in [0.05, 0.1) is 6.61 Å². The molecule has 20 heavy (non-hydrogen) atoms. The SMILES string of the molecule is CCC(N)Cc1cc(Cl)ccc1OCCCC(=O)NC. The molecule has 0 aliphatic rings. The molecule has 3 N–H and O–H groups in total. The Bertz CT molecular complexity index is 438. The van der Waals surface area contributed by atoms with Crippen LogP contribution in [-0.4, -0.2) is 25.6 Å². The van der Waals surface area contributed by atoms with Gasteiger partial charge in [-0.15, -0.1) is 0 Å². The quantitative estimate of drug-likeness (QED) is 0.725. The summed E-state index contributed by atoms with van der Waals surface area (Å²) in [5, 5.41) is 3.27. The summed E-state index contributed by atoms with van der Waals surface area (Å²) in [5.41, 5.74) is 7.01. The highest BCUT2D eigenvalue weighted by Gasteiger charge is 2.09. The summed E-state index contributed by atoms with van der Waals surface area (Å²) < 4.78 is 5.74. The molecular weight excluding hydrogens is 276 g/mol. The van der Waals surface area contributed by atoms with Crippen LogP contribution in [0.1, 0.15) is 31.7 Å². The van der Waals surface area contributed by atoms with Crippen molar-refractivity contribution in [3.63, 3.8) is 0 Å². The maximum Gasteiger partial charge on any atom is 0.219 e. The lowest BCUT2D eigenvalue weighted by Crippen LogP contribution is -2.22. The van der Waals surface area contributed by atoms with Crippen LogP contribution >= 0.6 is 11.6 Å². The molecule has 1 aromatic carbocycles. The van der Waals surface area contributed by atoms with Crippen LogP contribution in [0.15, 0.2) is 18.2 Å². The molecule has 0 bridgehead atoms. The van der Waals surface area contributed by atoms with E-state index in [-0.39, 0.29) is 11.9 Å². The van der Waals surface area contributed by atoms with Crippen LogP contribution in [0.4, 0.5) is 0 Å². The normalized spacial score (nSPS) is 12.0. The van der Waals surface area contributed by atoms with Gasteiger partial charge in [-0.1, -0.05) is 18.5 Å². The van der Waals surface area contributed by atoms with Gasteiger partial charge in [-0.25, -0.2) is 0 Å². The van der Waals surface area contributed by atoms with Crippen LogP contribution in [0, 0.1) is 0 Å². The molecule has 0 radical (unpaired) electrons. The second-order valence-corrected chi connectivity index (χ2v) is 5.19. The van der Waals surface area contributed by atoms with Gasteiger partial charge in [0.15, 0.2) is 0 Å². The molecule has 0 aliphatic heterocycles. The molecule has 5 heteroatoms. The molecule has 1 amide bonds. The van der Waals surface area contributed by atoms with Crippen LogP contribution < -0.4 is 15.8 Å². The van der Waals surface area contributed by atoms with Gasteiger partial charge in [-0.3, -0.25) is 4.79 Å². The number of hydrogen-bond donors (Lipinski definition) is 2. The molecule has 0 heterocycles. The largest absolute Gasteiger partial charge is 0.493 e. The number of nitrogens with one attached hydrogen (secondary N) is 1. The highest BCUT2D eigenvalue weighted by molar-refractivity contribution is 6.30. The minimum atomic E-state index is 0.0259. The number of nitrogens with two attached hydrogens (primary N) is 1. The van der Waals surface area contributed by atoms with Gasteiger partial charge in [-0.05, 0) is 43.0 Å². The van der Waals surface area contributed by atoms with Crippen molar-refractivity contribution in [3.8, 4) is 5.75 Å². The molecule has 0 saturated carbocycles. The summed E-state index contributed by atoms with van der Waals surface area (Å²) in [7, 11) is 1.63. The minimum Gasteiger partial charge on any atom is -0.493 e. The Hall–Kier alpha value is -1.26. The number of benzene rings is 1. The molecule has 112 valence electrons. The van der Waals surface area contributed by atoms with E-state index in [1.54, 1.807) is 13.1 Å². The first-order chi connectivity index (χ1) is 9.56. The first-order valence-electron chi connectivity index (χ1n) is 6.94. The summed E-state index contributed by atoms with van der Waals surface area (Å²) >= 11 is 6.02. The smallest absolute Gasteiger partial charge is 0.219 e. The maximum atomic E-state index is 11.1. The van der Waals surface area contributed by atoms with E-state index in [0.29, 0.717) is 24.5 Å². The van der Waals surface area contributed by atoms with Crippen LogP contribution in [0.25, 0.3) is 0 Å². The Balaban J connectivity index is 2.57. The fourth-order valence-electron chi connectivity index (χ4n) is 1.82. The predicted octanol–water partition coefficient (Wildman–Crippen LogP) is 2.52. The Labute approximate surface area is 125 Å². The highest BCUT2D eigenvalue weighted by atomic mass is 35.5. The molecule has 0 saturated heterocycles. The fraction of sp³-hybridized carbons (Fsp3) is 0.533. The van der Waals surface area contributed by atoms with Gasteiger partial charge >= 0.3 is 0 Å². The second kappa shape index (κ2) is 8.82. The second-order valence-electron chi connectivity index (χ2n) is 4.75. The zero-order chi connectivity index (χ0) is 15.0. The molecular formula is C15H23ClN2O2. The molecule has 0 fully saturated rings. The van der Waals surface area contributed by atoms with Crippen LogP contribution in [0.3, 0.4) is 0 Å². The zero-order valence-corrected chi connectivity index (χ0v) is 12.9. The maximum absolute atomic E-state index is 11.1. The molecule has 0 aromatic heterocycles. The summed E-state index contributed by atoms with van der Waals surface area (Å²) in [5.74, 6) is 0.827. The third-order valence-electron chi connectivity index (χ3n) is 3.11. The van der Waals surface area contributed by atoms with Crippen molar-refractivity contribution in [2.45, 2.75) is 38.6 Å². The Morgan fingerprint density at radius 2 is 2.25 bits per heavy atom. The van der Waals surface area contributed by atoms with Crippen molar-refractivity contribution >= 4 is 17.5 Å². The molecule has 4 nitrogen and oxygen atoms in total. The predicted molar refractivity (Wildman–Crippen MR) is 82.2 cm³/mol. The van der Waals surface area contributed by atoms with Crippen LogP contribution in [0.2, 0.25) is 5.02 Å². The van der Waals surface area contributed by atoms with Gasteiger partial charge < -0.3 is 15.8 Å². The third-order valence-corrected chi connectivity index (χ3v) is 3.35. The summed E-state index contributed by atoms with van der Waals surface area (Å²) in [6, 6.07) is 5.66. The zero-order valence-electron chi connectivity index (χ0n) is 12.1. The van der Waals surface area contributed by atoms with Crippen LogP contribution in [0.5, 0.6) is 5.75 Å². The van der Waals surface area contributed by atoms with E-state index < -0.39 is 0 Å². The summed E-state index contributed by atoms with van der Waals surface area (Å²) in [6.07, 6.45) is 2.79. The molecule has 1 aromatic rings. The van der Waals surface area contributed by atoms with E-state index in [9.17, 15) is 4.79 Å². The Kier molecular flexibility index (Phi) is 7.41. The van der Waals surface area contributed by atoms with Crippen molar-refractivity contribution < 1.29 is 9.53 Å². The monoisotopic (exact) mass is 298 g/mol. The highest BCUT2D eigenvalue weighted by Crippen LogP contribution is 2.24. The van der Waals surface area contributed by atoms with Crippen molar-refractivity contribution in [3.05, 3.63) is 28.8 Å². The first-order valence-corrected chi connectivity index (χ1v) is 7.32. The molecule has 0 aliphatic carbocycles. The van der Waals surface area contributed by atoms with Gasteiger partial charge in [0.2, 0.25) is 5.91 Å². The molecule has 1 unspecified atom stereocenters. The van der Waals surface area contributed by atoms with E-state index in [1.165, 1.54) is 0 Å². The first kappa shape index (κ1) is 16.8. The van der Waals surface area contributed by atoms with E-state index in [2.05, 4.69) is 12.2 Å². The standard InChI is InChI=1S/C15H23ClN2O2/c1-3-13(17)10-11-9-12(16)6-7-14(11)20-8-4-5-15(19)18-2/h6-7,9,13H,3-5,8,10,17H2,1-2H3,(H,18,19). The number of amides is 1. The number of ether oxygens (including phenoxy) is 1. The summed E-state index contributed by atoms with van der Waals surface area (Å²) in [6.45, 7) is 2.56. The molecule has 1 atom stereocenters. The summed E-state index contributed by atoms with van der Waals surface area (Å²) in [4.78, 5) is 11.1. The lowest BCUT2D eigenvalue weighted by atomic mass is 10.0. The number of halogens is 1. The minimum absolute atomic E-state index is 0.0259. The lowest BCUT2D eigenvalue weighted by Gasteiger charge is -2.14. The Morgan fingerprint density at radius 1 is 1.50 bits per heavy atom. The van der Waals surface area contributed by atoms with Crippen molar-refractivity contribution in [2.75, 3.05) is 13.7 Å². The van der Waals surface area contributed by atoms with E-state index >= 15 is 0 Å². The average molecular weight is 299 g/mol. The van der Waals surface area contributed by atoms with Crippen molar-refractivity contribution in [1.82, 2.24) is 5.32 Å². The third kappa shape index (κ3) is 5.80. The van der Waals surface area contributed by atoms with Crippen LogP contribution in [-0.2, 0) is 11.2 Å². The van der Waals surface area contributed by atoms with Gasteiger partial charge in [-0.2, -0.15) is 0 Å². The van der Waals surface area contributed by atoms with Gasteiger partial charge in [0, 0.05) is 24.5 Å². The van der Waals surface area contributed by atoms with Crippen molar-refractivity contribution in [2.24, 2.45) is 5.73 Å². The Morgan fingerprint density at radius 3 is 2.90 bits per heavy atom. The van der Waals surface area contributed by atoms with Crippen molar-refractivity contribution in [1.29, 1.82) is 0 Å². The number of hydrogen-bond acceptors (Lipinski definition) is 3. The van der Waals surface area contributed by atoms with E-state index in [4.69, 9.17) is 22.1 Å². The lowest BCUT2D eigenvalue weighted by molar-refractivity contribution is -0.120. The topological polar surface area (TPSA) is 64.3 Å². The van der Waals surface area contributed by atoms with Gasteiger partial charge in [0.25, 0.3) is 0 Å². The number of rotatable bonds is 8. The molecule has 1 rings (SSSR count). The fourth-order valence-corrected chi connectivity index (χ4v) is 2.01. The van der Waals surface area contributed by atoms with E-state index in [1.807, 2.05) is 12.1 Å². The van der Waals surface area contributed by atoms with E-state index in [0.717, 1.165) is 24.2 Å².